The molecule has 0 fully saturated rings. The number of fused-ring (bicyclic) bond motifs is 1. The molecular formula is C23H29NO4. The van der Waals surface area contributed by atoms with E-state index in [2.05, 4.69) is 31.3 Å². The van der Waals surface area contributed by atoms with Gasteiger partial charge in [0.25, 0.3) is 5.91 Å². The molecule has 0 radical (unpaired) electrons. The van der Waals surface area contributed by atoms with E-state index in [-0.39, 0.29) is 11.9 Å². The first-order valence-corrected chi connectivity index (χ1v) is 9.82. The minimum atomic E-state index is -0.598. The average molecular weight is 383 g/mol. The molecule has 0 bridgehead atoms. The van der Waals surface area contributed by atoms with Crippen LogP contribution in [-0.2, 0) is 4.79 Å². The van der Waals surface area contributed by atoms with Crippen molar-refractivity contribution in [3.63, 3.8) is 0 Å². The largest absolute Gasteiger partial charge is 0.486 e. The molecule has 1 aliphatic heterocycles. The highest BCUT2D eigenvalue weighted by molar-refractivity contribution is 5.81. The van der Waals surface area contributed by atoms with E-state index >= 15 is 0 Å². The van der Waals surface area contributed by atoms with Crippen molar-refractivity contribution in [2.24, 2.45) is 0 Å². The third kappa shape index (κ3) is 4.58. The maximum absolute atomic E-state index is 12.7. The quantitative estimate of drug-likeness (QED) is 0.796. The van der Waals surface area contributed by atoms with Crippen LogP contribution in [0.3, 0.4) is 0 Å². The van der Waals surface area contributed by atoms with Gasteiger partial charge in [0.05, 0.1) is 6.04 Å². The first-order chi connectivity index (χ1) is 13.3. The molecule has 5 heteroatoms. The van der Waals surface area contributed by atoms with Gasteiger partial charge < -0.3 is 19.5 Å². The number of hydrogen-bond acceptors (Lipinski definition) is 4. The number of carbonyl (C=O) groups is 1. The molecule has 0 saturated heterocycles. The number of carbonyl (C=O) groups excluding carboxylic acids is 1. The highest BCUT2D eigenvalue weighted by Crippen LogP contribution is 2.33. The summed E-state index contributed by atoms with van der Waals surface area (Å²) < 4.78 is 17.2. The molecule has 1 heterocycles. The lowest BCUT2D eigenvalue weighted by Gasteiger charge is -2.23. The van der Waals surface area contributed by atoms with Gasteiger partial charge in [0.1, 0.15) is 19.0 Å². The Kier molecular flexibility index (Phi) is 6.12. The van der Waals surface area contributed by atoms with Gasteiger partial charge in [-0.3, -0.25) is 4.79 Å². The summed E-state index contributed by atoms with van der Waals surface area (Å²) in [6.45, 7) is 11.1. The number of ether oxygens (including phenoxy) is 3. The molecule has 0 saturated carbocycles. The number of nitrogens with one attached hydrogen (secondary N) is 1. The minimum absolute atomic E-state index is 0.154. The van der Waals surface area contributed by atoms with Crippen molar-refractivity contribution < 1.29 is 19.0 Å². The summed E-state index contributed by atoms with van der Waals surface area (Å²) in [5.41, 5.74) is 3.17. The second kappa shape index (κ2) is 8.55. The van der Waals surface area contributed by atoms with Crippen LogP contribution >= 0.6 is 0 Å². The lowest BCUT2D eigenvalue weighted by atomic mass is 10.0. The smallest absolute Gasteiger partial charge is 0.261 e. The van der Waals surface area contributed by atoms with E-state index in [1.807, 2.05) is 38.1 Å². The Labute approximate surface area is 167 Å². The van der Waals surface area contributed by atoms with Gasteiger partial charge in [0.15, 0.2) is 17.6 Å². The average Bonchev–Trinajstić information content (AvgIpc) is 2.67. The predicted molar refractivity (Wildman–Crippen MR) is 109 cm³/mol. The Morgan fingerprint density at radius 2 is 1.71 bits per heavy atom. The van der Waals surface area contributed by atoms with Crippen molar-refractivity contribution in [3.8, 4) is 17.2 Å². The lowest BCUT2D eigenvalue weighted by Crippen LogP contribution is -2.38. The molecule has 3 rings (SSSR count). The molecule has 1 N–H and O–H groups in total. The van der Waals surface area contributed by atoms with Crippen LogP contribution in [0.1, 0.15) is 56.3 Å². The first-order valence-electron chi connectivity index (χ1n) is 9.82. The van der Waals surface area contributed by atoms with Crippen LogP contribution in [0, 0.1) is 6.92 Å². The molecular weight excluding hydrogens is 354 g/mol. The summed E-state index contributed by atoms with van der Waals surface area (Å²) in [4.78, 5) is 12.7. The number of aryl methyl sites for hydroxylation is 1. The summed E-state index contributed by atoms with van der Waals surface area (Å²) in [6, 6.07) is 11.7. The third-order valence-electron chi connectivity index (χ3n) is 4.89. The number of benzene rings is 2. The molecule has 1 aliphatic rings. The fraction of sp³-hybridized carbons (Fsp3) is 0.435. The van der Waals surface area contributed by atoms with Gasteiger partial charge in [-0.25, -0.2) is 0 Å². The molecule has 2 aromatic carbocycles. The van der Waals surface area contributed by atoms with E-state index < -0.39 is 6.10 Å². The van der Waals surface area contributed by atoms with Crippen molar-refractivity contribution in [1.82, 2.24) is 5.32 Å². The van der Waals surface area contributed by atoms with E-state index in [9.17, 15) is 4.79 Å². The van der Waals surface area contributed by atoms with E-state index in [1.165, 1.54) is 0 Å². The number of amides is 1. The zero-order valence-electron chi connectivity index (χ0n) is 17.2. The third-order valence-corrected chi connectivity index (χ3v) is 4.89. The second-order valence-corrected chi connectivity index (χ2v) is 7.59. The topological polar surface area (TPSA) is 56.8 Å². The molecule has 28 heavy (non-hydrogen) atoms. The van der Waals surface area contributed by atoms with E-state index in [1.54, 1.807) is 6.92 Å². The highest BCUT2D eigenvalue weighted by atomic mass is 16.6. The van der Waals surface area contributed by atoms with Crippen LogP contribution in [0.25, 0.3) is 0 Å². The van der Waals surface area contributed by atoms with Gasteiger partial charge in [0, 0.05) is 0 Å². The maximum atomic E-state index is 12.7. The molecule has 2 aromatic rings. The van der Waals surface area contributed by atoms with Crippen molar-refractivity contribution in [3.05, 3.63) is 53.1 Å². The highest BCUT2D eigenvalue weighted by Gasteiger charge is 2.21. The van der Waals surface area contributed by atoms with E-state index in [0.717, 1.165) is 33.9 Å². The van der Waals surface area contributed by atoms with Crippen LogP contribution in [-0.4, -0.2) is 25.2 Å². The molecule has 0 unspecified atom stereocenters. The van der Waals surface area contributed by atoms with Gasteiger partial charge in [-0.15, -0.1) is 0 Å². The lowest BCUT2D eigenvalue weighted by molar-refractivity contribution is -0.127. The van der Waals surface area contributed by atoms with Gasteiger partial charge >= 0.3 is 0 Å². The zero-order valence-corrected chi connectivity index (χ0v) is 17.2. The van der Waals surface area contributed by atoms with Crippen molar-refractivity contribution in [2.45, 2.75) is 52.7 Å². The van der Waals surface area contributed by atoms with Gasteiger partial charge in [-0.05, 0) is 61.6 Å². The van der Waals surface area contributed by atoms with Crippen molar-refractivity contribution in [2.75, 3.05) is 13.2 Å². The van der Waals surface area contributed by atoms with E-state index in [0.29, 0.717) is 19.1 Å². The van der Waals surface area contributed by atoms with Gasteiger partial charge in [0.2, 0.25) is 0 Å². The Hall–Kier alpha value is -2.69. The van der Waals surface area contributed by atoms with Gasteiger partial charge in [-0.1, -0.05) is 32.0 Å². The van der Waals surface area contributed by atoms with Crippen LogP contribution in [0.5, 0.6) is 17.2 Å². The Morgan fingerprint density at radius 1 is 1.00 bits per heavy atom. The predicted octanol–water partition coefficient (Wildman–Crippen LogP) is 4.53. The monoisotopic (exact) mass is 383 g/mol. The van der Waals surface area contributed by atoms with Crippen LogP contribution in [0.15, 0.2) is 36.4 Å². The standard InChI is InChI=1S/C23H29NO4/c1-14(2)19-8-6-15(3)12-21(19)28-17(5)23(25)24-16(4)18-7-9-20-22(13-18)27-11-10-26-20/h6-9,12-14,16-17H,10-11H2,1-5H3,(H,24,25)/t16-,17+/m1/s1. The van der Waals surface area contributed by atoms with Crippen LogP contribution in [0.2, 0.25) is 0 Å². The molecule has 0 aliphatic carbocycles. The van der Waals surface area contributed by atoms with Crippen LogP contribution < -0.4 is 19.5 Å². The minimum Gasteiger partial charge on any atom is -0.486 e. The molecule has 1 amide bonds. The second-order valence-electron chi connectivity index (χ2n) is 7.59. The molecule has 0 aromatic heterocycles. The molecule has 2 atom stereocenters. The van der Waals surface area contributed by atoms with Crippen molar-refractivity contribution in [1.29, 1.82) is 0 Å². The summed E-state index contributed by atoms with van der Waals surface area (Å²) in [7, 11) is 0. The number of hydrogen-bond donors (Lipinski definition) is 1. The number of rotatable bonds is 6. The Balaban J connectivity index is 1.67. The molecule has 5 nitrogen and oxygen atoms in total. The maximum Gasteiger partial charge on any atom is 0.261 e. The van der Waals surface area contributed by atoms with Crippen LogP contribution in [0.4, 0.5) is 0 Å². The first kappa shape index (κ1) is 20.1. The zero-order chi connectivity index (χ0) is 20.3. The SMILES string of the molecule is Cc1ccc(C(C)C)c(O[C@@H](C)C(=O)N[C@H](C)c2ccc3c(c2)OCCO3)c1. The van der Waals surface area contributed by atoms with E-state index in [4.69, 9.17) is 14.2 Å². The van der Waals surface area contributed by atoms with Gasteiger partial charge in [-0.2, -0.15) is 0 Å². The van der Waals surface area contributed by atoms with Crippen molar-refractivity contribution >= 4 is 5.91 Å². The summed E-state index contributed by atoms with van der Waals surface area (Å²) in [5.74, 6) is 2.40. The summed E-state index contributed by atoms with van der Waals surface area (Å²) >= 11 is 0. The Bertz CT molecular complexity index is 846. The molecule has 0 spiro atoms. The fourth-order valence-electron chi connectivity index (χ4n) is 3.21. The fourth-order valence-corrected chi connectivity index (χ4v) is 3.21. The Morgan fingerprint density at radius 3 is 2.43 bits per heavy atom. The summed E-state index contributed by atoms with van der Waals surface area (Å²) in [5, 5.41) is 3.03. The molecule has 150 valence electrons. The summed E-state index contributed by atoms with van der Waals surface area (Å²) in [6.07, 6.45) is -0.598. The normalized spacial score (nSPS) is 15.1.